The molecule has 0 aliphatic heterocycles. The van der Waals surface area contributed by atoms with Crippen LogP contribution in [0.5, 0.6) is 0 Å². The zero-order chi connectivity index (χ0) is 11.4. The largest absolute Gasteiger partial charge is 0.326 e. The van der Waals surface area contributed by atoms with Crippen LogP contribution in [-0.2, 0) is 0 Å². The molecule has 15 heavy (non-hydrogen) atoms. The Morgan fingerprint density at radius 2 is 1.67 bits per heavy atom. The monoisotopic (exact) mass is 283 g/mol. The van der Waals surface area contributed by atoms with Gasteiger partial charge in [-0.3, -0.25) is 4.79 Å². The molecule has 80 valence electrons. The summed E-state index contributed by atoms with van der Waals surface area (Å²) in [6.45, 7) is 0. The maximum absolute atomic E-state index is 11.5. The Kier molecular flexibility index (Phi) is 4.74. The van der Waals surface area contributed by atoms with Gasteiger partial charge in [-0.05, 0) is 18.2 Å². The van der Waals surface area contributed by atoms with Crippen LogP contribution in [0.4, 0.5) is 0 Å². The summed E-state index contributed by atoms with van der Waals surface area (Å²) in [5, 5.41) is 3.14. The number of amides is 1. The van der Waals surface area contributed by atoms with E-state index in [9.17, 15) is 4.79 Å². The number of carbonyl (C=O) groups excluding carboxylic acids is 1. The molecule has 1 aromatic carbocycles. The van der Waals surface area contributed by atoms with Gasteiger partial charge in [0.05, 0.1) is 0 Å². The van der Waals surface area contributed by atoms with Gasteiger partial charge in [0.15, 0.2) is 0 Å². The first-order valence-electron chi connectivity index (χ1n) is 3.77. The molecule has 2 nitrogen and oxygen atoms in total. The van der Waals surface area contributed by atoms with Crippen LogP contribution in [0.3, 0.4) is 0 Å². The van der Waals surface area contributed by atoms with Gasteiger partial charge in [0.1, 0.15) is 4.49 Å². The van der Waals surface area contributed by atoms with Gasteiger partial charge in [-0.1, -0.05) is 46.4 Å². The van der Waals surface area contributed by atoms with Crippen LogP contribution in [-0.4, -0.2) is 5.91 Å². The predicted molar refractivity (Wildman–Crippen MR) is 63.7 cm³/mol. The summed E-state index contributed by atoms with van der Waals surface area (Å²) < 4.78 is -0.0449. The Morgan fingerprint density at radius 3 is 2.13 bits per heavy atom. The number of halogens is 4. The normalized spacial score (nSPS) is 9.60. The lowest BCUT2D eigenvalue weighted by Crippen LogP contribution is -2.17. The van der Waals surface area contributed by atoms with Crippen LogP contribution in [0.15, 0.2) is 28.9 Å². The quantitative estimate of drug-likeness (QED) is 0.874. The smallest absolute Gasteiger partial charge is 0.255 e. The molecule has 0 aliphatic rings. The molecule has 0 aromatic heterocycles. The van der Waals surface area contributed by atoms with Crippen molar-refractivity contribution in [3.05, 3.63) is 44.5 Å². The fourth-order valence-corrected chi connectivity index (χ4v) is 1.52. The standard InChI is InChI=1S/C9H5Cl4NO/c10-6-1-5(2-7(11)3-6)9(15)14-4-8(12)13/h1-4H,(H,14,15). The maximum Gasteiger partial charge on any atom is 0.255 e. The summed E-state index contributed by atoms with van der Waals surface area (Å²) in [4.78, 5) is 11.5. The summed E-state index contributed by atoms with van der Waals surface area (Å²) in [6, 6.07) is 4.50. The van der Waals surface area contributed by atoms with Gasteiger partial charge in [0.25, 0.3) is 5.91 Å². The van der Waals surface area contributed by atoms with Crippen LogP contribution >= 0.6 is 46.4 Å². The Labute approximate surface area is 107 Å². The topological polar surface area (TPSA) is 29.1 Å². The average molecular weight is 285 g/mol. The molecule has 0 unspecified atom stereocenters. The highest BCUT2D eigenvalue weighted by molar-refractivity contribution is 6.55. The van der Waals surface area contributed by atoms with Crippen molar-refractivity contribution in [2.24, 2.45) is 0 Å². The van der Waals surface area contributed by atoms with Gasteiger partial charge in [-0.15, -0.1) is 0 Å². The van der Waals surface area contributed by atoms with E-state index < -0.39 is 5.91 Å². The number of nitrogens with one attached hydrogen (secondary N) is 1. The third-order valence-corrected chi connectivity index (χ3v) is 2.09. The fourth-order valence-electron chi connectivity index (χ4n) is 0.888. The van der Waals surface area contributed by atoms with E-state index in [-0.39, 0.29) is 4.49 Å². The Hall–Kier alpha value is -0.410. The predicted octanol–water partition coefficient (Wildman–Crippen LogP) is 4.00. The van der Waals surface area contributed by atoms with Crippen molar-refractivity contribution in [2.75, 3.05) is 0 Å². The molecule has 6 heteroatoms. The molecule has 1 aromatic rings. The molecule has 0 saturated carbocycles. The van der Waals surface area contributed by atoms with E-state index in [1.165, 1.54) is 24.4 Å². The van der Waals surface area contributed by atoms with E-state index in [0.29, 0.717) is 15.6 Å². The lowest BCUT2D eigenvalue weighted by Gasteiger charge is -2.01. The first-order chi connectivity index (χ1) is 6.99. The second-order valence-corrected chi connectivity index (χ2v) is 4.45. The number of hydrogen-bond acceptors (Lipinski definition) is 1. The summed E-state index contributed by atoms with van der Waals surface area (Å²) in [5.74, 6) is -0.391. The van der Waals surface area contributed by atoms with Gasteiger partial charge in [-0.2, -0.15) is 0 Å². The van der Waals surface area contributed by atoms with E-state index in [1.54, 1.807) is 0 Å². The van der Waals surface area contributed by atoms with Gasteiger partial charge >= 0.3 is 0 Å². The molecule has 0 bridgehead atoms. The lowest BCUT2D eigenvalue weighted by molar-refractivity contribution is 0.0970. The van der Waals surface area contributed by atoms with Crippen LogP contribution in [0.2, 0.25) is 10.0 Å². The molecule has 1 amide bonds. The fraction of sp³-hybridized carbons (Fsp3) is 0. The first-order valence-corrected chi connectivity index (χ1v) is 5.28. The second kappa shape index (κ2) is 5.61. The maximum atomic E-state index is 11.5. The Morgan fingerprint density at radius 1 is 1.13 bits per heavy atom. The Bertz CT molecular complexity index is 392. The van der Waals surface area contributed by atoms with Crippen molar-refractivity contribution < 1.29 is 4.79 Å². The van der Waals surface area contributed by atoms with E-state index in [2.05, 4.69) is 5.32 Å². The molecule has 0 aliphatic carbocycles. The van der Waals surface area contributed by atoms with E-state index in [0.717, 1.165) is 0 Å². The third kappa shape index (κ3) is 4.31. The van der Waals surface area contributed by atoms with E-state index in [1.807, 2.05) is 0 Å². The molecule has 0 heterocycles. The zero-order valence-corrected chi connectivity index (χ0v) is 10.3. The molecule has 0 saturated heterocycles. The molecule has 0 atom stereocenters. The van der Waals surface area contributed by atoms with Crippen molar-refractivity contribution in [3.63, 3.8) is 0 Å². The third-order valence-electron chi connectivity index (χ3n) is 1.44. The number of benzene rings is 1. The van der Waals surface area contributed by atoms with Gasteiger partial charge in [0, 0.05) is 21.8 Å². The van der Waals surface area contributed by atoms with Crippen molar-refractivity contribution in [3.8, 4) is 0 Å². The second-order valence-electron chi connectivity index (χ2n) is 2.57. The molecule has 1 N–H and O–H groups in total. The van der Waals surface area contributed by atoms with Crippen molar-refractivity contribution in [1.82, 2.24) is 5.32 Å². The van der Waals surface area contributed by atoms with E-state index in [4.69, 9.17) is 46.4 Å². The zero-order valence-electron chi connectivity index (χ0n) is 7.23. The molecule has 0 fully saturated rings. The lowest BCUT2D eigenvalue weighted by atomic mass is 10.2. The number of hydrogen-bond donors (Lipinski definition) is 1. The molecule has 1 rings (SSSR count). The highest BCUT2D eigenvalue weighted by Crippen LogP contribution is 2.19. The van der Waals surface area contributed by atoms with Gasteiger partial charge in [-0.25, -0.2) is 0 Å². The highest BCUT2D eigenvalue weighted by Gasteiger charge is 2.06. The highest BCUT2D eigenvalue weighted by atomic mass is 35.5. The first kappa shape index (κ1) is 12.7. The summed E-state index contributed by atoms with van der Waals surface area (Å²) in [7, 11) is 0. The molecule has 0 radical (unpaired) electrons. The van der Waals surface area contributed by atoms with Gasteiger partial charge in [0.2, 0.25) is 0 Å². The minimum Gasteiger partial charge on any atom is -0.326 e. The SMILES string of the molecule is O=C(NC=C(Cl)Cl)c1cc(Cl)cc(Cl)c1. The van der Waals surface area contributed by atoms with E-state index >= 15 is 0 Å². The molecular formula is C9H5Cl4NO. The summed E-state index contributed by atoms with van der Waals surface area (Å²) in [6.07, 6.45) is 1.17. The van der Waals surface area contributed by atoms with Crippen molar-refractivity contribution in [2.45, 2.75) is 0 Å². The Balaban J connectivity index is 2.87. The van der Waals surface area contributed by atoms with Crippen LogP contribution < -0.4 is 5.32 Å². The molecule has 0 spiro atoms. The minimum absolute atomic E-state index is 0.0449. The summed E-state index contributed by atoms with van der Waals surface area (Å²) in [5.41, 5.74) is 0.332. The van der Waals surface area contributed by atoms with Crippen LogP contribution in [0, 0.1) is 0 Å². The van der Waals surface area contributed by atoms with Crippen LogP contribution in [0.1, 0.15) is 10.4 Å². The molecular weight excluding hydrogens is 280 g/mol. The van der Waals surface area contributed by atoms with Crippen molar-refractivity contribution in [1.29, 1.82) is 0 Å². The number of rotatable bonds is 2. The van der Waals surface area contributed by atoms with Crippen molar-refractivity contribution >= 4 is 52.3 Å². The number of carbonyl (C=O) groups is 1. The van der Waals surface area contributed by atoms with Gasteiger partial charge < -0.3 is 5.32 Å². The summed E-state index contributed by atoms with van der Waals surface area (Å²) >= 11 is 22.1. The minimum atomic E-state index is -0.391. The van der Waals surface area contributed by atoms with Crippen LogP contribution in [0.25, 0.3) is 0 Å². The average Bonchev–Trinajstić information content (AvgIpc) is 2.12.